The molecule has 0 saturated carbocycles. The fraction of sp³-hybridized carbons (Fsp3) is 0.524. The van der Waals surface area contributed by atoms with Gasteiger partial charge in [0.15, 0.2) is 0 Å². The Morgan fingerprint density at radius 3 is 2.40 bits per heavy atom. The molecule has 0 spiro atoms. The standard InChI is InChI=1S/C21H31N5O2.2ClH/c1-15-11-26(12-16(2)28-15)14-18-8-6-5-7-17(18)9-23-21(27)20(22-3)19-10-24-25(4)13-19;;/h5-8,10,13,15-16,20,22H,9,11-12,14H2,1-4H3,(H,23,27);2*1H. The van der Waals surface area contributed by atoms with Crippen LogP contribution in [0.1, 0.15) is 36.6 Å². The second-order valence-corrected chi connectivity index (χ2v) is 7.61. The third-order valence-corrected chi connectivity index (χ3v) is 5.07. The van der Waals surface area contributed by atoms with E-state index in [1.165, 1.54) is 5.56 Å². The van der Waals surface area contributed by atoms with E-state index in [-0.39, 0.29) is 42.9 Å². The van der Waals surface area contributed by atoms with Crippen molar-refractivity contribution in [1.29, 1.82) is 0 Å². The van der Waals surface area contributed by atoms with Crippen LogP contribution in [0.2, 0.25) is 0 Å². The SMILES string of the molecule is CNC(C(=O)NCc1ccccc1CN1CC(C)OC(C)C1)c1cnn(C)c1.Cl.Cl. The summed E-state index contributed by atoms with van der Waals surface area (Å²) < 4.78 is 7.53. The van der Waals surface area contributed by atoms with Gasteiger partial charge in [0, 0.05) is 45.0 Å². The topological polar surface area (TPSA) is 71.4 Å². The van der Waals surface area contributed by atoms with E-state index < -0.39 is 6.04 Å². The number of aromatic nitrogens is 2. The molecule has 0 aliphatic carbocycles. The third-order valence-electron chi connectivity index (χ3n) is 5.07. The molecule has 1 aliphatic rings. The summed E-state index contributed by atoms with van der Waals surface area (Å²) in [4.78, 5) is 15.1. The van der Waals surface area contributed by atoms with Crippen LogP contribution in [-0.4, -0.2) is 52.9 Å². The summed E-state index contributed by atoms with van der Waals surface area (Å²) in [5.74, 6) is -0.0566. The van der Waals surface area contributed by atoms with Gasteiger partial charge in [-0.2, -0.15) is 5.10 Å². The average molecular weight is 458 g/mol. The monoisotopic (exact) mass is 457 g/mol. The predicted molar refractivity (Wildman–Crippen MR) is 123 cm³/mol. The highest BCUT2D eigenvalue weighted by Gasteiger charge is 2.23. The molecule has 2 aromatic rings. The molecule has 1 saturated heterocycles. The Hall–Kier alpha value is -1.64. The lowest BCUT2D eigenvalue weighted by Gasteiger charge is -2.35. The van der Waals surface area contributed by atoms with Crippen molar-refractivity contribution in [3.63, 3.8) is 0 Å². The molecular weight excluding hydrogens is 425 g/mol. The number of rotatable bonds is 7. The lowest BCUT2D eigenvalue weighted by molar-refractivity contribution is -0.123. The molecule has 9 heteroatoms. The van der Waals surface area contributed by atoms with Crippen molar-refractivity contribution < 1.29 is 9.53 Å². The zero-order valence-electron chi connectivity index (χ0n) is 18.0. The fourth-order valence-corrected chi connectivity index (χ4v) is 3.86. The normalized spacial score (nSPS) is 20.0. The van der Waals surface area contributed by atoms with Crippen LogP contribution in [0.4, 0.5) is 0 Å². The van der Waals surface area contributed by atoms with Gasteiger partial charge in [-0.25, -0.2) is 0 Å². The largest absolute Gasteiger partial charge is 0.373 e. The minimum absolute atomic E-state index is 0. The zero-order chi connectivity index (χ0) is 20.1. The number of amides is 1. The van der Waals surface area contributed by atoms with Gasteiger partial charge in [-0.3, -0.25) is 14.4 Å². The summed E-state index contributed by atoms with van der Waals surface area (Å²) in [6.45, 7) is 7.45. The first-order valence-corrected chi connectivity index (χ1v) is 9.84. The molecule has 0 bridgehead atoms. The molecule has 1 aromatic carbocycles. The maximum absolute atomic E-state index is 12.7. The van der Waals surface area contributed by atoms with Crippen molar-refractivity contribution in [1.82, 2.24) is 25.3 Å². The fourth-order valence-electron chi connectivity index (χ4n) is 3.86. The van der Waals surface area contributed by atoms with E-state index in [0.29, 0.717) is 6.54 Å². The van der Waals surface area contributed by atoms with Gasteiger partial charge in [0.25, 0.3) is 0 Å². The molecule has 1 amide bonds. The number of hydrogen-bond donors (Lipinski definition) is 2. The summed E-state index contributed by atoms with van der Waals surface area (Å²) in [7, 11) is 3.63. The number of ether oxygens (including phenoxy) is 1. The number of nitrogens with zero attached hydrogens (tertiary/aromatic N) is 3. The maximum Gasteiger partial charge on any atom is 0.242 e. The van der Waals surface area contributed by atoms with Gasteiger partial charge in [0.05, 0.1) is 18.4 Å². The van der Waals surface area contributed by atoms with Crippen molar-refractivity contribution in [2.75, 3.05) is 20.1 Å². The first kappa shape index (κ1) is 26.4. The van der Waals surface area contributed by atoms with Gasteiger partial charge >= 0.3 is 0 Å². The molecule has 2 heterocycles. The van der Waals surface area contributed by atoms with Crippen molar-refractivity contribution in [2.45, 2.75) is 45.2 Å². The summed E-state index contributed by atoms with van der Waals surface area (Å²) in [5.41, 5.74) is 3.24. The summed E-state index contributed by atoms with van der Waals surface area (Å²) in [6, 6.07) is 7.89. The lowest BCUT2D eigenvalue weighted by atomic mass is 10.1. The summed E-state index contributed by atoms with van der Waals surface area (Å²) in [6.07, 6.45) is 4.06. The molecule has 7 nitrogen and oxygen atoms in total. The van der Waals surface area contributed by atoms with Crippen LogP contribution in [0, 0.1) is 0 Å². The minimum Gasteiger partial charge on any atom is -0.373 e. The number of carbonyl (C=O) groups excluding carboxylic acids is 1. The van der Waals surface area contributed by atoms with E-state index in [9.17, 15) is 4.79 Å². The number of morpholine rings is 1. The number of halogens is 2. The van der Waals surface area contributed by atoms with Gasteiger partial charge in [-0.05, 0) is 32.0 Å². The Labute approximate surface area is 191 Å². The van der Waals surface area contributed by atoms with Gasteiger partial charge in [-0.1, -0.05) is 24.3 Å². The molecule has 168 valence electrons. The van der Waals surface area contributed by atoms with Crippen LogP contribution in [0.5, 0.6) is 0 Å². The van der Waals surface area contributed by atoms with Crippen LogP contribution in [-0.2, 0) is 29.7 Å². The first-order valence-electron chi connectivity index (χ1n) is 9.84. The Morgan fingerprint density at radius 2 is 1.83 bits per heavy atom. The highest BCUT2D eigenvalue weighted by molar-refractivity contribution is 5.85. The van der Waals surface area contributed by atoms with Crippen molar-refractivity contribution in [2.24, 2.45) is 7.05 Å². The maximum atomic E-state index is 12.7. The molecule has 0 radical (unpaired) electrons. The average Bonchev–Trinajstić information content (AvgIpc) is 3.07. The molecule has 3 unspecified atom stereocenters. The number of benzene rings is 1. The highest BCUT2D eigenvalue weighted by Crippen LogP contribution is 2.17. The number of aryl methyl sites for hydroxylation is 1. The molecule has 1 aliphatic heterocycles. The Morgan fingerprint density at radius 1 is 1.20 bits per heavy atom. The van der Waals surface area contributed by atoms with Crippen LogP contribution in [0.3, 0.4) is 0 Å². The lowest BCUT2D eigenvalue weighted by Crippen LogP contribution is -2.45. The van der Waals surface area contributed by atoms with E-state index in [0.717, 1.165) is 30.8 Å². The quantitative estimate of drug-likeness (QED) is 0.667. The van der Waals surface area contributed by atoms with E-state index in [1.807, 2.05) is 19.3 Å². The predicted octanol–water partition coefficient (Wildman–Crippen LogP) is 2.45. The van der Waals surface area contributed by atoms with Crippen LogP contribution >= 0.6 is 24.8 Å². The van der Waals surface area contributed by atoms with Crippen molar-refractivity contribution >= 4 is 30.7 Å². The Bertz CT molecular complexity index is 791. The van der Waals surface area contributed by atoms with Gasteiger partial charge < -0.3 is 15.4 Å². The van der Waals surface area contributed by atoms with Gasteiger partial charge in [-0.15, -0.1) is 24.8 Å². The molecule has 30 heavy (non-hydrogen) atoms. The van der Waals surface area contributed by atoms with Crippen molar-refractivity contribution in [3.8, 4) is 0 Å². The minimum atomic E-state index is -0.415. The van der Waals surface area contributed by atoms with Gasteiger partial charge in [0.2, 0.25) is 5.91 Å². The molecular formula is C21H33Cl2N5O2. The van der Waals surface area contributed by atoms with Crippen LogP contribution < -0.4 is 10.6 Å². The third kappa shape index (κ3) is 6.96. The molecule has 3 atom stereocenters. The van der Waals surface area contributed by atoms with Gasteiger partial charge in [0.1, 0.15) is 6.04 Å². The second kappa shape index (κ2) is 12.3. The van der Waals surface area contributed by atoms with Crippen LogP contribution in [0.25, 0.3) is 0 Å². The van der Waals surface area contributed by atoms with Crippen LogP contribution in [0.15, 0.2) is 36.7 Å². The molecule has 1 aromatic heterocycles. The number of carbonyl (C=O) groups is 1. The Kier molecular flexibility index (Phi) is 10.8. The first-order chi connectivity index (χ1) is 13.5. The molecule has 1 fully saturated rings. The van der Waals surface area contributed by atoms with E-state index in [4.69, 9.17) is 4.74 Å². The second-order valence-electron chi connectivity index (χ2n) is 7.61. The molecule has 2 N–H and O–H groups in total. The van der Waals surface area contributed by atoms with E-state index in [2.05, 4.69) is 52.7 Å². The van der Waals surface area contributed by atoms with E-state index in [1.54, 1.807) is 17.9 Å². The van der Waals surface area contributed by atoms with Crippen molar-refractivity contribution in [3.05, 3.63) is 53.3 Å². The number of nitrogens with one attached hydrogen (secondary N) is 2. The number of likely N-dealkylation sites (N-methyl/N-ethyl adjacent to an activating group) is 1. The molecule has 3 rings (SSSR count). The number of hydrogen-bond acceptors (Lipinski definition) is 5. The van der Waals surface area contributed by atoms with E-state index >= 15 is 0 Å². The highest BCUT2D eigenvalue weighted by atomic mass is 35.5. The zero-order valence-corrected chi connectivity index (χ0v) is 19.6. The smallest absolute Gasteiger partial charge is 0.242 e. The Balaban J connectivity index is 0.00000225. The summed E-state index contributed by atoms with van der Waals surface area (Å²) in [5, 5.41) is 10.3. The summed E-state index contributed by atoms with van der Waals surface area (Å²) >= 11 is 0.